The average Bonchev–Trinajstić information content (AvgIpc) is 2.68. The fourth-order valence-electron chi connectivity index (χ4n) is 1.57. The first-order valence-corrected chi connectivity index (χ1v) is 5.69. The SMILES string of the molecule is CC(=O)c1csc(C2CCCOC2)n1. The third-order valence-corrected chi connectivity index (χ3v) is 3.40. The van der Waals surface area contributed by atoms with Crippen molar-refractivity contribution in [3.8, 4) is 0 Å². The number of thiazole rings is 1. The molecule has 0 bridgehead atoms. The summed E-state index contributed by atoms with van der Waals surface area (Å²) in [5.41, 5.74) is 0.593. The number of ether oxygens (including phenoxy) is 1. The zero-order chi connectivity index (χ0) is 9.97. The van der Waals surface area contributed by atoms with Crippen LogP contribution in [0.2, 0.25) is 0 Å². The molecule has 0 aliphatic carbocycles. The molecule has 2 heterocycles. The van der Waals surface area contributed by atoms with Gasteiger partial charge in [0.2, 0.25) is 0 Å². The van der Waals surface area contributed by atoms with Crippen molar-refractivity contribution in [1.29, 1.82) is 0 Å². The van der Waals surface area contributed by atoms with Crippen LogP contribution >= 0.6 is 11.3 Å². The molecule has 1 aromatic rings. The largest absolute Gasteiger partial charge is 0.381 e. The number of Topliss-reactive ketones (excluding diaryl/α,β-unsaturated/α-hetero) is 1. The molecule has 0 N–H and O–H groups in total. The predicted octanol–water partition coefficient (Wildman–Crippen LogP) is 2.24. The van der Waals surface area contributed by atoms with E-state index in [-0.39, 0.29) is 5.78 Å². The first-order chi connectivity index (χ1) is 6.77. The fourth-order valence-corrected chi connectivity index (χ4v) is 2.55. The molecule has 1 aliphatic heterocycles. The van der Waals surface area contributed by atoms with Crippen LogP contribution in [0.15, 0.2) is 5.38 Å². The Labute approximate surface area is 87.1 Å². The van der Waals surface area contributed by atoms with Gasteiger partial charge in [-0.25, -0.2) is 4.98 Å². The second-order valence-electron chi connectivity index (χ2n) is 3.54. The van der Waals surface area contributed by atoms with Crippen LogP contribution in [0, 0.1) is 0 Å². The first kappa shape index (κ1) is 9.80. The molecular weight excluding hydrogens is 198 g/mol. The van der Waals surface area contributed by atoms with E-state index in [9.17, 15) is 4.79 Å². The molecule has 0 radical (unpaired) electrons. The van der Waals surface area contributed by atoms with Crippen LogP contribution in [-0.2, 0) is 4.74 Å². The normalized spacial score (nSPS) is 22.2. The summed E-state index contributed by atoms with van der Waals surface area (Å²) in [6.07, 6.45) is 2.23. The van der Waals surface area contributed by atoms with Gasteiger partial charge in [0.05, 0.1) is 11.6 Å². The lowest BCUT2D eigenvalue weighted by Crippen LogP contribution is -2.15. The van der Waals surface area contributed by atoms with Gasteiger partial charge in [-0.2, -0.15) is 0 Å². The van der Waals surface area contributed by atoms with Crippen molar-refractivity contribution in [2.24, 2.45) is 0 Å². The van der Waals surface area contributed by atoms with Gasteiger partial charge in [0.15, 0.2) is 5.78 Å². The summed E-state index contributed by atoms with van der Waals surface area (Å²) < 4.78 is 5.39. The smallest absolute Gasteiger partial charge is 0.178 e. The van der Waals surface area contributed by atoms with Crippen LogP contribution in [0.4, 0.5) is 0 Å². The third kappa shape index (κ3) is 2.01. The molecule has 4 heteroatoms. The van der Waals surface area contributed by atoms with E-state index in [1.807, 2.05) is 5.38 Å². The van der Waals surface area contributed by atoms with E-state index in [4.69, 9.17) is 4.74 Å². The molecule has 0 aromatic carbocycles. The molecule has 1 aliphatic rings. The van der Waals surface area contributed by atoms with Crippen LogP contribution < -0.4 is 0 Å². The number of hydrogen-bond donors (Lipinski definition) is 0. The molecule has 3 nitrogen and oxygen atoms in total. The molecule has 14 heavy (non-hydrogen) atoms. The molecule has 1 unspecified atom stereocenters. The van der Waals surface area contributed by atoms with Gasteiger partial charge in [0.25, 0.3) is 0 Å². The lowest BCUT2D eigenvalue weighted by atomic mass is 10.0. The molecule has 1 fully saturated rings. The lowest BCUT2D eigenvalue weighted by Gasteiger charge is -2.19. The van der Waals surface area contributed by atoms with Crippen LogP contribution in [-0.4, -0.2) is 24.0 Å². The van der Waals surface area contributed by atoms with E-state index in [0.29, 0.717) is 11.6 Å². The van der Waals surface area contributed by atoms with Crippen molar-refractivity contribution in [3.63, 3.8) is 0 Å². The Bertz CT molecular complexity index is 329. The Hall–Kier alpha value is -0.740. The van der Waals surface area contributed by atoms with E-state index in [2.05, 4.69) is 4.98 Å². The molecule has 1 saturated heterocycles. The second kappa shape index (κ2) is 4.19. The minimum absolute atomic E-state index is 0.0456. The Morgan fingerprint density at radius 1 is 1.71 bits per heavy atom. The summed E-state index contributed by atoms with van der Waals surface area (Å²) in [5.74, 6) is 0.450. The summed E-state index contributed by atoms with van der Waals surface area (Å²) in [4.78, 5) is 15.4. The number of aromatic nitrogens is 1. The zero-order valence-corrected chi connectivity index (χ0v) is 8.97. The van der Waals surface area contributed by atoms with Crippen LogP contribution in [0.25, 0.3) is 0 Å². The maximum absolute atomic E-state index is 11.1. The summed E-state index contributed by atoms with van der Waals surface area (Å²) in [6, 6.07) is 0. The van der Waals surface area contributed by atoms with E-state index in [1.165, 1.54) is 0 Å². The predicted molar refractivity (Wildman–Crippen MR) is 54.9 cm³/mol. The molecule has 0 spiro atoms. The van der Waals surface area contributed by atoms with Crippen molar-refractivity contribution in [2.45, 2.75) is 25.7 Å². The minimum atomic E-state index is 0.0456. The summed E-state index contributed by atoms with van der Waals surface area (Å²) in [7, 11) is 0. The summed E-state index contributed by atoms with van der Waals surface area (Å²) in [6.45, 7) is 3.17. The van der Waals surface area contributed by atoms with Gasteiger partial charge in [-0.3, -0.25) is 4.79 Å². The zero-order valence-electron chi connectivity index (χ0n) is 8.16. The van der Waals surface area contributed by atoms with Crippen LogP contribution in [0.3, 0.4) is 0 Å². The highest BCUT2D eigenvalue weighted by Gasteiger charge is 2.19. The molecule has 0 amide bonds. The van der Waals surface area contributed by atoms with Crippen molar-refractivity contribution < 1.29 is 9.53 Å². The Balaban J connectivity index is 2.11. The van der Waals surface area contributed by atoms with Gasteiger partial charge < -0.3 is 4.74 Å². The lowest BCUT2D eigenvalue weighted by molar-refractivity contribution is 0.0802. The van der Waals surface area contributed by atoms with Gasteiger partial charge in [-0.15, -0.1) is 11.3 Å². The Morgan fingerprint density at radius 2 is 2.57 bits per heavy atom. The Morgan fingerprint density at radius 3 is 3.14 bits per heavy atom. The topological polar surface area (TPSA) is 39.2 Å². The fraction of sp³-hybridized carbons (Fsp3) is 0.600. The maximum atomic E-state index is 11.1. The second-order valence-corrected chi connectivity index (χ2v) is 4.43. The standard InChI is InChI=1S/C10H13NO2S/c1-7(12)9-6-14-10(11-9)8-3-2-4-13-5-8/h6,8H,2-5H2,1H3. The quantitative estimate of drug-likeness (QED) is 0.704. The van der Waals surface area contributed by atoms with E-state index < -0.39 is 0 Å². The van der Waals surface area contributed by atoms with Crippen LogP contribution in [0.5, 0.6) is 0 Å². The van der Waals surface area contributed by atoms with Gasteiger partial charge >= 0.3 is 0 Å². The number of ketones is 1. The van der Waals surface area contributed by atoms with Gasteiger partial charge in [-0.05, 0) is 12.8 Å². The third-order valence-electron chi connectivity index (χ3n) is 2.39. The maximum Gasteiger partial charge on any atom is 0.178 e. The number of nitrogens with zero attached hydrogens (tertiary/aromatic N) is 1. The van der Waals surface area contributed by atoms with Crippen molar-refractivity contribution >= 4 is 17.1 Å². The number of hydrogen-bond acceptors (Lipinski definition) is 4. The van der Waals surface area contributed by atoms with E-state index in [0.717, 1.165) is 31.1 Å². The first-order valence-electron chi connectivity index (χ1n) is 4.81. The molecule has 1 atom stereocenters. The molecule has 1 aromatic heterocycles. The van der Waals surface area contributed by atoms with E-state index >= 15 is 0 Å². The van der Waals surface area contributed by atoms with Crippen molar-refractivity contribution in [3.05, 3.63) is 16.1 Å². The summed E-state index contributed by atoms with van der Waals surface area (Å²) in [5, 5.41) is 2.89. The van der Waals surface area contributed by atoms with Gasteiger partial charge in [0, 0.05) is 24.8 Å². The summed E-state index contributed by atoms with van der Waals surface area (Å²) >= 11 is 1.57. The number of carbonyl (C=O) groups excluding carboxylic acids is 1. The van der Waals surface area contributed by atoms with Gasteiger partial charge in [0.1, 0.15) is 5.69 Å². The van der Waals surface area contributed by atoms with E-state index in [1.54, 1.807) is 18.3 Å². The highest BCUT2D eigenvalue weighted by atomic mass is 32.1. The number of carbonyl (C=O) groups is 1. The monoisotopic (exact) mass is 211 g/mol. The molecule has 0 saturated carbocycles. The Kier molecular flexibility index (Phi) is 2.93. The highest BCUT2D eigenvalue weighted by Crippen LogP contribution is 2.27. The molecule has 76 valence electrons. The minimum Gasteiger partial charge on any atom is -0.381 e. The average molecular weight is 211 g/mol. The van der Waals surface area contributed by atoms with Crippen LogP contribution in [0.1, 0.15) is 41.2 Å². The van der Waals surface area contributed by atoms with Crippen molar-refractivity contribution in [2.75, 3.05) is 13.2 Å². The van der Waals surface area contributed by atoms with Crippen molar-refractivity contribution in [1.82, 2.24) is 4.98 Å². The highest BCUT2D eigenvalue weighted by molar-refractivity contribution is 7.09. The molecule has 2 rings (SSSR count). The molecular formula is C10H13NO2S. The van der Waals surface area contributed by atoms with Gasteiger partial charge in [-0.1, -0.05) is 0 Å². The number of rotatable bonds is 2.